The Hall–Kier alpha value is -2.14. The van der Waals surface area contributed by atoms with Crippen molar-refractivity contribution in [2.45, 2.75) is 38.4 Å². The molecule has 3 fully saturated rings. The van der Waals surface area contributed by atoms with Crippen molar-refractivity contribution in [1.82, 2.24) is 15.4 Å². The second-order valence-corrected chi connectivity index (χ2v) is 7.87. The summed E-state index contributed by atoms with van der Waals surface area (Å²) in [5.41, 5.74) is 0.608. The Morgan fingerprint density at radius 1 is 1.41 bits per heavy atom. The van der Waals surface area contributed by atoms with Crippen LogP contribution in [0.25, 0.3) is 0 Å². The van der Waals surface area contributed by atoms with Crippen LogP contribution >= 0.6 is 0 Å². The van der Waals surface area contributed by atoms with Crippen molar-refractivity contribution in [3.05, 3.63) is 17.5 Å². The summed E-state index contributed by atoms with van der Waals surface area (Å²) in [6, 6.07) is 0.762. The first-order valence-electron chi connectivity index (χ1n) is 9.44. The third-order valence-corrected chi connectivity index (χ3v) is 5.98. The fourth-order valence-electron chi connectivity index (χ4n) is 4.02. The minimum absolute atomic E-state index is 0.0797. The van der Waals surface area contributed by atoms with Gasteiger partial charge in [0.05, 0.1) is 19.4 Å². The van der Waals surface area contributed by atoms with Crippen molar-refractivity contribution in [2.24, 2.45) is 11.3 Å². The number of likely N-dealkylation sites (tertiary alicyclic amines) is 1. The van der Waals surface area contributed by atoms with Crippen LogP contribution in [0.3, 0.4) is 0 Å². The van der Waals surface area contributed by atoms with E-state index in [0.29, 0.717) is 23.8 Å². The van der Waals surface area contributed by atoms with Crippen LogP contribution in [0.4, 0.5) is 13.2 Å². The summed E-state index contributed by atoms with van der Waals surface area (Å²) >= 11 is 0. The molecule has 2 aliphatic heterocycles. The largest absolute Gasteiger partial charge is 0.490 e. The fraction of sp³-hybridized carbons (Fsp3) is 0.722. The van der Waals surface area contributed by atoms with Gasteiger partial charge in [-0.05, 0) is 19.8 Å². The van der Waals surface area contributed by atoms with Crippen LogP contribution in [0.1, 0.15) is 35.4 Å². The highest BCUT2D eigenvalue weighted by atomic mass is 19.4. The van der Waals surface area contributed by atoms with E-state index in [2.05, 4.69) is 15.4 Å². The van der Waals surface area contributed by atoms with Gasteiger partial charge in [0.2, 0.25) is 0 Å². The molecular weight excluding hydrogens is 395 g/mol. The first-order valence-corrected chi connectivity index (χ1v) is 9.44. The smallest absolute Gasteiger partial charge is 0.475 e. The van der Waals surface area contributed by atoms with Crippen molar-refractivity contribution in [1.29, 1.82) is 0 Å². The van der Waals surface area contributed by atoms with E-state index < -0.39 is 12.1 Å². The number of hydrogen-bond donors (Lipinski definition) is 2. The molecule has 11 heteroatoms. The Kier molecular flexibility index (Phi) is 6.18. The maximum absolute atomic E-state index is 12.3. The predicted octanol–water partition coefficient (Wildman–Crippen LogP) is 1.85. The number of hydrogen-bond acceptors (Lipinski definition) is 6. The molecule has 1 amide bonds. The number of aliphatic carboxylic acids is 1. The molecule has 0 spiro atoms. The SMILES string of the molecule is Cc1oncc1C(=O)NC[C@]12COC[C@H]1CN(C1CCC1)C2.O=C(O)C(F)(F)F. The molecular formula is C18H24F3N3O5. The van der Waals surface area contributed by atoms with Gasteiger partial charge in [0, 0.05) is 37.0 Å². The van der Waals surface area contributed by atoms with Crippen LogP contribution in [0, 0.1) is 18.3 Å². The Balaban J connectivity index is 0.000000298. The highest BCUT2D eigenvalue weighted by Gasteiger charge is 2.52. The van der Waals surface area contributed by atoms with E-state index in [-0.39, 0.29) is 11.3 Å². The first-order chi connectivity index (χ1) is 13.6. The summed E-state index contributed by atoms with van der Waals surface area (Å²) in [4.78, 5) is 23.8. The van der Waals surface area contributed by atoms with Gasteiger partial charge in [-0.15, -0.1) is 0 Å². The molecule has 1 aromatic heterocycles. The number of amides is 1. The number of carboxylic acid groups (broad SMARTS) is 1. The van der Waals surface area contributed by atoms with Gasteiger partial charge < -0.3 is 19.7 Å². The number of ether oxygens (including phenoxy) is 1. The Labute approximate surface area is 165 Å². The standard InChI is InChI=1S/C16H23N3O3.C2HF3O2/c1-11-14(5-18-22-11)15(20)17-8-16-9-19(13-3-2-4-13)6-12(16)7-21-10-16;3-2(4,5)1(6)7/h5,12-13H,2-4,6-10H2,1H3,(H,17,20);(H,6,7)/t12-,16+;/m1./s1. The maximum atomic E-state index is 12.3. The molecule has 2 atom stereocenters. The van der Waals surface area contributed by atoms with Crippen LogP contribution in [0.15, 0.2) is 10.7 Å². The molecule has 4 rings (SSSR count). The molecule has 8 nitrogen and oxygen atoms in total. The summed E-state index contributed by atoms with van der Waals surface area (Å²) in [5.74, 6) is -1.75. The molecule has 1 aliphatic carbocycles. The summed E-state index contributed by atoms with van der Waals surface area (Å²) in [7, 11) is 0. The molecule has 2 N–H and O–H groups in total. The van der Waals surface area contributed by atoms with Gasteiger partial charge in [-0.2, -0.15) is 13.2 Å². The lowest BCUT2D eigenvalue weighted by Crippen LogP contribution is -2.45. The van der Waals surface area contributed by atoms with E-state index in [0.717, 1.165) is 32.3 Å². The van der Waals surface area contributed by atoms with Crippen LogP contribution in [0.2, 0.25) is 0 Å². The molecule has 0 radical (unpaired) electrons. The number of rotatable bonds is 4. The fourth-order valence-corrected chi connectivity index (χ4v) is 4.02. The molecule has 3 heterocycles. The lowest BCUT2D eigenvalue weighted by atomic mass is 9.81. The van der Waals surface area contributed by atoms with Gasteiger partial charge in [-0.25, -0.2) is 4.79 Å². The quantitative estimate of drug-likeness (QED) is 0.767. The molecule has 0 bridgehead atoms. The number of carbonyl (C=O) groups is 2. The predicted molar refractivity (Wildman–Crippen MR) is 93.2 cm³/mol. The van der Waals surface area contributed by atoms with Crippen LogP contribution in [0.5, 0.6) is 0 Å². The number of fused-ring (bicyclic) bond motifs is 1. The zero-order chi connectivity index (χ0) is 21.2. The van der Waals surface area contributed by atoms with Crippen LogP contribution in [-0.4, -0.2) is 72.1 Å². The third-order valence-electron chi connectivity index (χ3n) is 5.98. The number of alkyl halides is 3. The van der Waals surface area contributed by atoms with Gasteiger partial charge in [0.15, 0.2) is 0 Å². The van der Waals surface area contributed by atoms with Gasteiger partial charge in [-0.1, -0.05) is 11.6 Å². The van der Waals surface area contributed by atoms with Gasteiger partial charge in [0.25, 0.3) is 5.91 Å². The molecule has 29 heavy (non-hydrogen) atoms. The highest BCUT2D eigenvalue weighted by molar-refractivity contribution is 5.94. The molecule has 2 saturated heterocycles. The monoisotopic (exact) mass is 419 g/mol. The van der Waals surface area contributed by atoms with E-state index in [1.165, 1.54) is 25.5 Å². The second kappa shape index (κ2) is 8.31. The van der Waals surface area contributed by atoms with Crippen LogP contribution in [-0.2, 0) is 9.53 Å². The minimum atomic E-state index is -5.08. The summed E-state index contributed by atoms with van der Waals surface area (Å²) in [6.07, 6.45) is 0.422. The van der Waals surface area contributed by atoms with Crippen molar-refractivity contribution >= 4 is 11.9 Å². The van der Waals surface area contributed by atoms with Gasteiger partial charge >= 0.3 is 12.1 Å². The number of carboxylic acids is 1. The van der Waals surface area contributed by atoms with E-state index in [4.69, 9.17) is 19.2 Å². The summed E-state index contributed by atoms with van der Waals surface area (Å²) < 4.78 is 42.4. The van der Waals surface area contributed by atoms with Crippen molar-refractivity contribution in [3.63, 3.8) is 0 Å². The first kappa shape index (κ1) is 21.6. The molecule has 0 aromatic carbocycles. The number of nitrogens with one attached hydrogen (secondary N) is 1. The topological polar surface area (TPSA) is 105 Å². The average Bonchev–Trinajstić information content (AvgIpc) is 3.25. The number of nitrogens with zero attached hydrogens (tertiary/aromatic N) is 2. The average molecular weight is 419 g/mol. The molecule has 0 unspecified atom stereocenters. The lowest BCUT2D eigenvalue weighted by Gasteiger charge is -2.36. The normalized spacial score (nSPS) is 27.0. The maximum Gasteiger partial charge on any atom is 0.490 e. The van der Waals surface area contributed by atoms with Gasteiger partial charge in [0.1, 0.15) is 11.3 Å². The van der Waals surface area contributed by atoms with E-state index in [1.807, 2.05) is 0 Å². The molecule has 3 aliphatic rings. The van der Waals surface area contributed by atoms with E-state index in [1.54, 1.807) is 6.92 Å². The van der Waals surface area contributed by atoms with Crippen molar-refractivity contribution in [2.75, 3.05) is 32.8 Å². The zero-order valence-electron chi connectivity index (χ0n) is 16.0. The third kappa shape index (κ3) is 4.72. The Morgan fingerprint density at radius 2 is 2.10 bits per heavy atom. The Morgan fingerprint density at radius 3 is 2.62 bits per heavy atom. The van der Waals surface area contributed by atoms with Crippen molar-refractivity contribution in [3.8, 4) is 0 Å². The van der Waals surface area contributed by atoms with E-state index in [9.17, 15) is 18.0 Å². The summed E-state index contributed by atoms with van der Waals surface area (Å²) in [5, 5.41) is 13.9. The van der Waals surface area contributed by atoms with E-state index >= 15 is 0 Å². The number of aromatic nitrogens is 1. The number of halogens is 3. The van der Waals surface area contributed by atoms with Crippen LogP contribution < -0.4 is 5.32 Å². The Bertz CT molecular complexity index is 749. The van der Waals surface area contributed by atoms with Gasteiger partial charge in [-0.3, -0.25) is 9.69 Å². The molecule has 1 saturated carbocycles. The number of carbonyl (C=O) groups excluding carboxylic acids is 1. The highest BCUT2D eigenvalue weighted by Crippen LogP contribution is 2.43. The lowest BCUT2D eigenvalue weighted by molar-refractivity contribution is -0.192. The van der Waals surface area contributed by atoms with Crippen molar-refractivity contribution < 1.29 is 37.1 Å². The minimum Gasteiger partial charge on any atom is -0.475 e. The number of aryl methyl sites for hydroxylation is 1. The molecule has 1 aromatic rings. The second-order valence-electron chi connectivity index (χ2n) is 7.87. The summed E-state index contributed by atoms with van der Waals surface area (Å²) in [6.45, 7) is 6.17. The zero-order valence-corrected chi connectivity index (χ0v) is 16.0. The molecule has 162 valence electrons.